The van der Waals surface area contributed by atoms with E-state index < -0.39 is 9.84 Å². The molecule has 1 aliphatic rings. The molecule has 6 nitrogen and oxygen atoms in total. The molecule has 28 heavy (non-hydrogen) atoms. The second kappa shape index (κ2) is 9.37. The summed E-state index contributed by atoms with van der Waals surface area (Å²) in [6.45, 7) is 2.53. The molecule has 0 unspecified atom stereocenters. The van der Waals surface area contributed by atoms with Crippen LogP contribution in [0.25, 0.3) is 5.69 Å². The van der Waals surface area contributed by atoms with E-state index >= 15 is 0 Å². The van der Waals surface area contributed by atoms with Gasteiger partial charge in [-0.25, -0.2) is 13.1 Å². The summed E-state index contributed by atoms with van der Waals surface area (Å²) in [5, 5.41) is 7.16. The predicted octanol–water partition coefficient (Wildman–Crippen LogP) is 2.98. The smallest absolute Gasteiger partial charge is 0.221 e. The predicted molar refractivity (Wildman–Crippen MR) is 110 cm³/mol. The van der Waals surface area contributed by atoms with Crippen LogP contribution in [0.3, 0.4) is 0 Å². The molecule has 0 atom stereocenters. The highest BCUT2D eigenvalue weighted by atomic mass is 32.2. The minimum Gasteiger partial charge on any atom is -0.356 e. The topological polar surface area (TPSA) is 81.1 Å². The van der Waals surface area contributed by atoms with Gasteiger partial charge in [0.05, 0.1) is 22.4 Å². The highest BCUT2D eigenvalue weighted by Gasteiger charge is 2.28. The third-order valence-electron chi connectivity index (χ3n) is 5.39. The maximum atomic E-state index is 12.2. The van der Waals surface area contributed by atoms with E-state index in [0.29, 0.717) is 6.54 Å². The van der Waals surface area contributed by atoms with Crippen molar-refractivity contribution in [3.8, 4) is 5.69 Å². The normalized spacial score (nSPS) is 15.0. The van der Waals surface area contributed by atoms with Crippen molar-refractivity contribution in [2.45, 2.75) is 57.1 Å². The maximum Gasteiger partial charge on any atom is 0.221 e. The first-order valence-electron chi connectivity index (χ1n) is 10.0. The van der Waals surface area contributed by atoms with Crippen molar-refractivity contribution in [2.75, 3.05) is 12.3 Å². The molecular weight excluding hydrogens is 374 g/mol. The Balaban J connectivity index is 1.40. The Labute approximate surface area is 167 Å². The number of aryl methyl sites for hydroxylation is 2. The number of nitrogens with zero attached hydrogens (tertiary/aromatic N) is 2. The van der Waals surface area contributed by atoms with Crippen LogP contribution in [0.2, 0.25) is 0 Å². The Morgan fingerprint density at radius 1 is 1.21 bits per heavy atom. The lowest BCUT2D eigenvalue weighted by Gasteiger charge is -2.11. The van der Waals surface area contributed by atoms with Gasteiger partial charge < -0.3 is 5.32 Å². The molecule has 1 saturated carbocycles. The molecule has 1 amide bonds. The Morgan fingerprint density at radius 2 is 1.93 bits per heavy atom. The molecule has 3 rings (SSSR count). The molecule has 0 spiro atoms. The minimum atomic E-state index is -3.13. The maximum absolute atomic E-state index is 12.2. The molecule has 7 heteroatoms. The van der Waals surface area contributed by atoms with Crippen molar-refractivity contribution in [2.24, 2.45) is 0 Å². The van der Waals surface area contributed by atoms with Crippen molar-refractivity contribution in [3.63, 3.8) is 0 Å². The second-order valence-corrected chi connectivity index (χ2v) is 9.90. The van der Waals surface area contributed by atoms with Crippen LogP contribution >= 0.6 is 0 Å². The average molecular weight is 404 g/mol. The van der Waals surface area contributed by atoms with Crippen molar-refractivity contribution < 1.29 is 13.2 Å². The Bertz CT molecular complexity index is 885. The van der Waals surface area contributed by atoms with E-state index in [0.717, 1.165) is 55.5 Å². The Kier molecular flexibility index (Phi) is 6.88. The van der Waals surface area contributed by atoms with E-state index in [1.54, 1.807) is 0 Å². The largest absolute Gasteiger partial charge is 0.356 e. The third kappa shape index (κ3) is 5.44. The van der Waals surface area contributed by atoms with E-state index in [1.165, 1.54) is 0 Å². The van der Waals surface area contributed by atoms with Crippen LogP contribution in [0, 0.1) is 6.92 Å². The van der Waals surface area contributed by atoms with Gasteiger partial charge in [-0.2, -0.15) is 5.10 Å². The van der Waals surface area contributed by atoms with Crippen LogP contribution in [0.1, 0.15) is 49.8 Å². The SMILES string of the molecule is Cc1nn(-c2ccccc2)cc1CCCNC(=O)CCS(=O)(=O)C1CCCC1. The van der Waals surface area contributed by atoms with Crippen molar-refractivity contribution in [1.82, 2.24) is 15.1 Å². The zero-order valence-electron chi connectivity index (χ0n) is 16.4. The third-order valence-corrected chi connectivity index (χ3v) is 7.65. The number of carbonyl (C=O) groups is 1. The fourth-order valence-corrected chi connectivity index (χ4v) is 5.55. The Hall–Kier alpha value is -2.15. The molecule has 1 aromatic carbocycles. The average Bonchev–Trinajstić information content (AvgIpc) is 3.35. The van der Waals surface area contributed by atoms with Crippen molar-refractivity contribution in [1.29, 1.82) is 0 Å². The number of sulfone groups is 1. The van der Waals surface area contributed by atoms with Crippen molar-refractivity contribution >= 4 is 15.7 Å². The van der Waals surface area contributed by atoms with E-state index in [2.05, 4.69) is 10.4 Å². The summed E-state index contributed by atoms with van der Waals surface area (Å²) in [5.74, 6) is -0.217. The number of aromatic nitrogens is 2. The van der Waals surface area contributed by atoms with Crippen LogP contribution in [-0.4, -0.2) is 41.7 Å². The van der Waals surface area contributed by atoms with E-state index in [-0.39, 0.29) is 23.3 Å². The van der Waals surface area contributed by atoms with Crippen LogP contribution in [0.15, 0.2) is 36.5 Å². The molecule has 2 aromatic rings. The standard InChI is InChI=1S/C21H29N3O3S/c1-17-18(16-24(23-17)19-9-3-2-4-10-19)8-7-14-22-21(25)13-15-28(26,27)20-11-5-6-12-20/h2-4,9-10,16,20H,5-8,11-15H2,1H3,(H,22,25). The highest BCUT2D eigenvalue weighted by molar-refractivity contribution is 7.92. The van der Waals surface area contributed by atoms with Crippen LogP contribution in [-0.2, 0) is 21.1 Å². The number of amides is 1. The summed E-state index contributed by atoms with van der Waals surface area (Å²) < 4.78 is 26.3. The number of hydrogen-bond acceptors (Lipinski definition) is 4. The van der Waals surface area contributed by atoms with Crippen LogP contribution in [0.4, 0.5) is 0 Å². The molecule has 0 saturated heterocycles. The fourth-order valence-electron chi connectivity index (χ4n) is 3.70. The minimum absolute atomic E-state index is 0.0353. The summed E-state index contributed by atoms with van der Waals surface area (Å²) in [7, 11) is -3.13. The first-order chi connectivity index (χ1) is 13.5. The van der Waals surface area contributed by atoms with Gasteiger partial charge in [-0.15, -0.1) is 0 Å². The van der Waals surface area contributed by atoms with Gasteiger partial charge in [-0.3, -0.25) is 4.79 Å². The van der Waals surface area contributed by atoms with E-state index in [4.69, 9.17) is 0 Å². The van der Waals surface area contributed by atoms with Gasteiger partial charge in [0.25, 0.3) is 0 Å². The molecule has 1 aromatic heterocycles. The molecule has 152 valence electrons. The number of carbonyl (C=O) groups excluding carboxylic acids is 1. The lowest BCUT2D eigenvalue weighted by atomic mass is 10.1. The lowest BCUT2D eigenvalue weighted by Crippen LogP contribution is -2.29. The van der Waals surface area contributed by atoms with Gasteiger partial charge in [0, 0.05) is 19.2 Å². The second-order valence-electron chi connectivity index (χ2n) is 7.50. The first kappa shape index (κ1) is 20.6. The Morgan fingerprint density at radius 3 is 2.64 bits per heavy atom. The molecule has 1 heterocycles. The lowest BCUT2D eigenvalue weighted by molar-refractivity contribution is -0.120. The van der Waals surface area contributed by atoms with E-state index in [9.17, 15) is 13.2 Å². The van der Waals surface area contributed by atoms with Gasteiger partial charge in [-0.05, 0) is 50.3 Å². The van der Waals surface area contributed by atoms with Gasteiger partial charge in [0.2, 0.25) is 5.91 Å². The quantitative estimate of drug-likeness (QED) is 0.653. The van der Waals surface area contributed by atoms with Gasteiger partial charge in [-0.1, -0.05) is 31.0 Å². The number of benzene rings is 1. The van der Waals surface area contributed by atoms with E-state index in [1.807, 2.05) is 48.1 Å². The summed E-state index contributed by atoms with van der Waals surface area (Å²) in [4.78, 5) is 12.0. The molecule has 0 bridgehead atoms. The van der Waals surface area contributed by atoms with Gasteiger partial charge >= 0.3 is 0 Å². The zero-order chi connectivity index (χ0) is 20.0. The fraction of sp³-hybridized carbons (Fsp3) is 0.524. The number of hydrogen-bond donors (Lipinski definition) is 1. The number of rotatable bonds is 9. The summed E-state index contributed by atoms with van der Waals surface area (Å²) in [6, 6.07) is 9.96. The molecule has 1 fully saturated rings. The molecule has 0 aliphatic heterocycles. The highest BCUT2D eigenvalue weighted by Crippen LogP contribution is 2.25. The monoisotopic (exact) mass is 403 g/mol. The molecule has 0 radical (unpaired) electrons. The van der Waals surface area contributed by atoms with Gasteiger partial charge in [0.1, 0.15) is 0 Å². The molecule has 1 N–H and O–H groups in total. The van der Waals surface area contributed by atoms with Gasteiger partial charge in [0.15, 0.2) is 9.84 Å². The van der Waals surface area contributed by atoms with Crippen LogP contribution in [0.5, 0.6) is 0 Å². The summed E-state index contributed by atoms with van der Waals surface area (Å²) >= 11 is 0. The van der Waals surface area contributed by atoms with Crippen LogP contribution < -0.4 is 5.32 Å². The molecule has 1 aliphatic carbocycles. The number of nitrogens with one attached hydrogen (secondary N) is 1. The zero-order valence-corrected chi connectivity index (χ0v) is 17.2. The van der Waals surface area contributed by atoms with Crippen molar-refractivity contribution in [3.05, 3.63) is 47.8 Å². The summed E-state index contributed by atoms with van der Waals surface area (Å²) in [6.07, 6.45) is 7.17. The number of para-hydroxylation sites is 1. The first-order valence-corrected chi connectivity index (χ1v) is 11.8. The summed E-state index contributed by atoms with van der Waals surface area (Å²) in [5.41, 5.74) is 3.16. The molecular formula is C21H29N3O3S.